The zero-order valence-electron chi connectivity index (χ0n) is 12.3. The smallest absolute Gasteiger partial charge is 0.282 e. The van der Waals surface area contributed by atoms with E-state index in [0.29, 0.717) is 22.9 Å². The fourth-order valence-corrected chi connectivity index (χ4v) is 3.58. The van der Waals surface area contributed by atoms with Gasteiger partial charge in [-0.2, -0.15) is 0 Å². The number of hydrogen-bond acceptors (Lipinski definition) is 5. The maximum absolute atomic E-state index is 12.3. The summed E-state index contributed by atoms with van der Waals surface area (Å²) in [5.74, 6) is 0.991. The highest BCUT2D eigenvalue weighted by Crippen LogP contribution is 2.41. The lowest BCUT2D eigenvalue weighted by molar-refractivity contribution is 0.0929. The second-order valence-electron chi connectivity index (χ2n) is 6.32. The molecule has 2 heterocycles. The van der Waals surface area contributed by atoms with E-state index in [-0.39, 0.29) is 11.9 Å². The zero-order valence-corrected chi connectivity index (χ0v) is 13.1. The minimum Gasteiger partial charge on any atom is -0.346 e. The molecule has 1 aromatic heterocycles. The van der Waals surface area contributed by atoms with Crippen LogP contribution >= 0.6 is 11.3 Å². The van der Waals surface area contributed by atoms with Crippen molar-refractivity contribution in [1.82, 2.24) is 20.4 Å². The van der Waals surface area contributed by atoms with Crippen molar-refractivity contribution in [3.8, 4) is 0 Å². The van der Waals surface area contributed by atoms with Gasteiger partial charge in [0.05, 0.1) is 0 Å². The highest BCUT2D eigenvalue weighted by Gasteiger charge is 2.33. The van der Waals surface area contributed by atoms with Crippen molar-refractivity contribution in [3.63, 3.8) is 0 Å². The third-order valence-corrected chi connectivity index (χ3v) is 5.33. The van der Waals surface area contributed by atoms with E-state index in [1.54, 1.807) is 0 Å². The molecule has 1 N–H and O–H groups in total. The highest BCUT2D eigenvalue weighted by atomic mass is 32.1. The fourth-order valence-electron chi connectivity index (χ4n) is 2.67. The molecule has 0 aromatic carbocycles. The van der Waals surface area contributed by atoms with Gasteiger partial charge in [-0.15, -0.1) is 10.2 Å². The molecule has 2 fully saturated rings. The summed E-state index contributed by atoms with van der Waals surface area (Å²) in [4.78, 5) is 14.7. The molecule has 2 aliphatic rings. The summed E-state index contributed by atoms with van der Waals surface area (Å²) in [7, 11) is 0. The van der Waals surface area contributed by atoms with Gasteiger partial charge in [0.15, 0.2) is 0 Å². The average molecular weight is 294 g/mol. The van der Waals surface area contributed by atoms with E-state index in [1.165, 1.54) is 24.2 Å². The van der Waals surface area contributed by atoms with Crippen molar-refractivity contribution >= 4 is 17.2 Å². The fraction of sp³-hybridized carbons (Fsp3) is 0.786. The Balaban J connectivity index is 1.60. The Bertz CT molecular complexity index is 497. The Morgan fingerprint density at radius 1 is 1.35 bits per heavy atom. The molecule has 110 valence electrons. The first kappa shape index (κ1) is 13.9. The van der Waals surface area contributed by atoms with Crippen LogP contribution in [0.3, 0.4) is 0 Å². The van der Waals surface area contributed by atoms with Crippen LogP contribution < -0.4 is 5.32 Å². The van der Waals surface area contributed by atoms with Gasteiger partial charge in [-0.05, 0) is 32.6 Å². The first-order chi connectivity index (χ1) is 9.54. The van der Waals surface area contributed by atoms with E-state index in [0.717, 1.165) is 18.1 Å². The predicted octanol–water partition coefficient (Wildman–Crippen LogP) is 1.87. The second-order valence-corrected chi connectivity index (χ2v) is 7.33. The van der Waals surface area contributed by atoms with Crippen LogP contribution in [0, 0.1) is 5.92 Å². The Morgan fingerprint density at radius 3 is 2.70 bits per heavy atom. The standard InChI is InChI=1S/C14H22N4OS/c1-8(2)18-6-9(3)11(7-18)15-12(19)14-17-16-13(20-14)10-4-5-10/h8-11H,4-7H2,1-3H3,(H,15,19)/t9-,11+/m1/s1. The molecular formula is C14H22N4OS. The van der Waals surface area contributed by atoms with Crippen molar-refractivity contribution in [2.45, 2.75) is 51.6 Å². The van der Waals surface area contributed by atoms with Crippen LogP contribution in [0.25, 0.3) is 0 Å². The Labute approximate surface area is 123 Å². The van der Waals surface area contributed by atoms with Crippen LogP contribution in [0.2, 0.25) is 0 Å². The Morgan fingerprint density at radius 2 is 2.10 bits per heavy atom. The van der Waals surface area contributed by atoms with Crippen molar-refractivity contribution in [3.05, 3.63) is 10.0 Å². The first-order valence-electron chi connectivity index (χ1n) is 7.43. The Kier molecular flexibility index (Phi) is 3.77. The topological polar surface area (TPSA) is 58.1 Å². The van der Waals surface area contributed by atoms with E-state index in [4.69, 9.17) is 0 Å². The monoisotopic (exact) mass is 294 g/mol. The van der Waals surface area contributed by atoms with Crippen molar-refractivity contribution in [2.75, 3.05) is 13.1 Å². The molecule has 6 heteroatoms. The van der Waals surface area contributed by atoms with Gasteiger partial charge in [0.25, 0.3) is 5.91 Å². The van der Waals surface area contributed by atoms with Gasteiger partial charge in [0, 0.05) is 31.1 Å². The summed E-state index contributed by atoms with van der Waals surface area (Å²) in [6, 6.07) is 0.750. The summed E-state index contributed by atoms with van der Waals surface area (Å²) < 4.78 is 0. The summed E-state index contributed by atoms with van der Waals surface area (Å²) in [6.07, 6.45) is 2.39. The minimum absolute atomic E-state index is 0.0585. The number of nitrogens with zero attached hydrogens (tertiary/aromatic N) is 3. The Hall–Kier alpha value is -1.01. The molecule has 0 spiro atoms. The highest BCUT2D eigenvalue weighted by molar-refractivity contribution is 7.13. The molecule has 1 saturated heterocycles. The molecule has 0 bridgehead atoms. The summed E-state index contributed by atoms with van der Waals surface area (Å²) in [6.45, 7) is 8.57. The molecule has 3 rings (SSSR count). The molecule has 5 nitrogen and oxygen atoms in total. The van der Waals surface area contributed by atoms with Crippen LogP contribution in [0.5, 0.6) is 0 Å². The van der Waals surface area contributed by atoms with Crippen LogP contribution in [-0.4, -0.2) is 46.2 Å². The summed E-state index contributed by atoms with van der Waals surface area (Å²) in [5, 5.41) is 12.8. The van der Waals surface area contributed by atoms with Gasteiger partial charge in [0.1, 0.15) is 5.01 Å². The minimum atomic E-state index is -0.0585. The lowest BCUT2D eigenvalue weighted by Gasteiger charge is -2.20. The number of carbonyl (C=O) groups excluding carboxylic acids is 1. The molecule has 1 saturated carbocycles. The SMILES string of the molecule is CC(C)N1C[C@@H](C)[C@@H](NC(=O)c2nnc(C3CC3)s2)C1. The van der Waals surface area contributed by atoms with Crippen LogP contribution in [-0.2, 0) is 0 Å². The van der Waals surface area contributed by atoms with Crippen molar-refractivity contribution < 1.29 is 4.79 Å². The number of likely N-dealkylation sites (tertiary alicyclic amines) is 1. The van der Waals surface area contributed by atoms with Gasteiger partial charge < -0.3 is 5.32 Å². The van der Waals surface area contributed by atoms with Crippen molar-refractivity contribution in [1.29, 1.82) is 0 Å². The number of carbonyl (C=O) groups is 1. The molecule has 0 unspecified atom stereocenters. The zero-order chi connectivity index (χ0) is 14.3. The van der Waals surface area contributed by atoms with Gasteiger partial charge in [-0.3, -0.25) is 9.69 Å². The second kappa shape index (κ2) is 5.41. The van der Waals surface area contributed by atoms with Gasteiger partial charge in [-0.25, -0.2) is 0 Å². The molecule has 0 radical (unpaired) electrons. The van der Waals surface area contributed by atoms with Gasteiger partial charge >= 0.3 is 0 Å². The molecular weight excluding hydrogens is 272 g/mol. The largest absolute Gasteiger partial charge is 0.346 e. The third-order valence-electron chi connectivity index (χ3n) is 4.25. The number of aromatic nitrogens is 2. The molecule has 20 heavy (non-hydrogen) atoms. The van der Waals surface area contributed by atoms with E-state index in [9.17, 15) is 4.79 Å². The predicted molar refractivity (Wildman–Crippen MR) is 79.0 cm³/mol. The van der Waals surface area contributed by atoms with Gasteiger partial charge in [-0.1, -0.05) is 18.3 Å². The maximum Gasteiger partial charge on any atom is 0.282 e. The first-order valence-corrected chi connectivity index (χ1v) is 8.24. The van der Waals surface area contributed by atoms with E-state index in [1.807, 2.05) is 0 Å². The summed E-state index contributed by atoms with van der Waals surface area (Å²) in [5.41, 5.74) is 0. The average Bonchev–Trinajstić information content (AvgIpc) is 3.01. The molecule has 1 aliphatic carbocycles. The maximum atomic E-state index is 12.3. The quantitative estimate of drug-likeness (QED) is 0.921. The van der Waals surface area contributed by atoms with Crippen molar-refractivity contribution in [2.24, 2.45) is 5.92 Å². The molecule has 1 amide bonds. The summed E-state index contributed by atoms with van der Waals surface area (Å²) >= 11 is 1.46. The van der Waals surface area contributed by atoms with Crippen LogP contribution in [0.4, 0.5) is 0 Å². The number of amides is 1. The van der Waals surface area contributed by atoms with Crippen LogP contribution in [0.15, 0.2) is 0 Å². The molecule has 2 atom stereocenters. The van der Waals surface area contributed by atoms with E-state index >= 15 is 0 Å². The molecule has 1 aliphatic heterocycles. The van der Waals surface area contributed by atoms with Crippen LogP contribution in [0.1, 0.15) is 54.3 Å². The third kappa shape index (κ3) is 2.86. The lowest BCUT2D eigenvalue weighted by Crippen LogP contribution is -2.40. The lowest BCUT2D eigenvalue weighted by atomic mass is 10.1. The molecule has 1 aromatic rings. The van der Waals surface area contributed by atoms with E-state index in [2.05, 4.69) is 41.2 Å². The number of hydrogen-bond donors (Lipinski definition) is 1. The normalized spacial score (nSPS) is 27.2. The number of nitrogens with one attached hydrogen (secondary N) is 1. The van der Waals surface area contributed by atoms with Gasteiger partial charge in [0.2, 0.25) is 5.01 Å². The number of rotatable bonds is 4. The van der Waals surface area contributed by atoms with E-state index < -0.39 is 0 Å².